The van der Waals surface area contributed by atoms with Crippen LogP contribution in [0, 0.1) is 11.8 Å². The third kappa shape index (κ3) is 2.58. The van der Waals surface area contributed by atoms with E-state index < -0.39 is 0 Å². The number of nitrogens with one attached hydrogen (secondary N) is 2. The Balaban J connectivity index is 1.64. The molecule has 2 N–H and O–H groups in total. The molecule has 1 fully saturated rings. The van der Waals surface area contributed by atoms with E-state index in [0.29, 0.717) is 5.92 Å². The van der Waals surface area contributed by atoms with E-state index in [0.717, 1.165) is 30.1 Å². The Morgan fingerprint density at radius 2 is 2.15 bits per heavy atom. The normalized spacial score (nSPS) is 16.4. The average Bonchev–Trinajstić information content (AvgIpc) is 2.91. The van der Waals surface area contributed by atoms with Crippen LogP contribution < -0.4 is 10.6 Å². The summed E-state index contributed by atoms with van der Waals surface area (Å²) in [5.74, 6) is 1.27. The Bertz CT molecular complexity index is 574. The van der Waals surface area contributed by atoms with E-state index in [-0.39, 0.29) is 11.8 Å². The van der Waals surface area contributed by atoms with Crippen molar-refractivity contribution in [3.63, 3.8) is 0 Å². The first-order chi connectivity index (χ1) is 9.74. The number of amides is 1. The summed E-state index contributed by atoms with van der Waals surface area (Å²) in [5, 5.41) is 6.14. The maximum Gasteiger partial charge on any atom is 0.227 e. The number of hydrogen-bond acceptors (Lipinski definition) is 4. The lowest BCUT2D eigenvalue weighted by Gasteiger charge is -2.31. The molecule has 0 bridgehead atoms. The van der Waals surface area contributed by atoms with Gasteiger partial charge in [0.15, 0.2) is 12.2 Å². The van der Waals surface area contributed by atoms with Gasteiger partial charge in [-0.15, -0.1) is 0 Å². The van der Waals surface area contributed by atoms with Gasteiger partial charge in [-0.25, -0.2) is 4.98 Å². The van der Waals surface area contributed by atoms with Gasteiger partial charge in [0.25, 0.3) is 0 Å². The Labute approximate surface area is 117 Å². The van der Waals surface area contributed by atoms with Crippen LogP contribution in [0.15, 0.2) is 41.3 Å². The number of carbonyl (C=O) groups is 1. The number of benzene rings is 1. The van der Waals surface area contributed by atoms with Gasteiger partial charge >= 0.3 is 0 Å². The molecule has 2 aromatic rings. The molecular formula is C15H17N3O2. The standard InChI is InChI=1S/C15H17N3O2/c1-10(12-6-16-7-12)15(19)18-13-4-2-11(3-5-13)14-8-17-9-20-14/h2-5,8-10,12,16H,6-7H2,1H3,(H,18,19). The lowest BCUT2D eigenvalue weighted by Crippen LogP contribution is -2.48. The SMILES string of the molecule is CC(C(=O)Nc1ccc(-c2cnco2)cc1)C1CNC1. The summed E-state index contributed by atoms with van der Waals surface area (Å²) in [6.45, 7) is 3.84. The number of carbonyl (C=O) groups excluding carboxylic acids is 1. The van der Waals surface area contributed by atoms with Gasteiger partial charge < -0.3 is 15.1 Å². The molecule has 1 aliphatic rings. The zero-order chi connectivity index (χ0) is 13.9. The minimum absolute atomic E-state index is 0.0326. The molecule has 2 heterocycles. The van der Waals surface area contributed by atoms with Crippen molar-refractivity contribution in [3.8, 4) is 11.3 Å². The van der Waals surface area contributed by atoms with Crippen LogP contribution in [0.3, 0.4) is 0 Å². The first kappa shape index (κ1) is 12.9. The van der Waals surface area contributed by atoms with Gasteiger partial charge in [-0.2, -0.15) is 0 Å². The van der Waals surface area contributed by atoms with Gasteiger partial charge in [-0.05, 0) is 43.3 Å². The van der Waals surface area contributed by atoms with Gasteiger partial charge in [0.1, 0.15) is 0 Å². The fourth-order valence-electron chi connectivity index (χ4n) is 2.21. The lowest BCUT2D eigenvalue weighted by atomic mass is 9.88. The van der Waals surface area contributed by atoms with Crippen LogP contribution in [0.25, 0.3) is 11.3 Å². The summed E-state index contributed by atoms with van der Waals surface area (Å²) < 4.78 is 5.23. The van der Waals surface area contributed by atoms with E-state index in [1.54, 1.807) is 6.20 Å². The second kappa shape index (κ2) is 5.46. The Hall–Kier alpha value is -2.14. The number of nitrogens with zero attached hydrogens (tertiary/aromatic N) is 1. The van der Waals surface area contributed by atoms with E-state index in [1.807, 2.05) is 31.2 Å². The van der Waals surface area contributed by atoms with Crippen LogP contribution in [0.4, 0.5) is 5.69 Å². The molecule has 20 heavy (non-hydrogen) atoms. The molecule has 5 nitrogen and oxygen atoms in total. The molecule has 0 saturated carbocycles. The molecule has 1 unspecified atom stereocenters. The Morgan fingerprint density at radius 1 is 1.40 bits per heavy atom. The van der Waals surface area contributed by atoms with Crippen LogP contribution in [0.1, 0.15) is 6.92 Å². The first-order valence-corrected chi connectivity index (χ1v) is 6.74. The second-order valence-corrected chi connectivity index (χ2v) is 5.14. The smallest absolute Gasteiger partial charge is 0.227 e. The summed E-state index contributed by atoms with van der Waals surface area (Å²) in [4.78, 5) is 16.0. The molecule has 1 aromatic heterocycles. The predicted octanol–water partition coefficient (Wildman–Crippen LogP) is 2.14. The quantitative estimate of drug-likeness (QED) is 0.894. The van der Waals surface area contributed by atoms with Crippen molar-refractivity contribution < 1.29 is 9.21 Å². The zero-order valence-electron chi connectivity index (χ0n) is 11.3. The molecule has 5 heteroatoms. The van der Waals surface area contributed by atoms with Crippen molar-refractivity contribution in [2.45, 2.75) is 6.92 Å². The van der Waals surface area contributed by atoms with E-state index in [1.165, 1.54) is 6.39 Å². The summed E-state index contributed by atoms with van der Waals surface area (Å²) in [7, 11) is 0. The van der Waals surface area contributed by atoms with Crippen LogP contribution in [-0.4, -0.2) is 24.0 Å². The molecule has 3 rings (SSSR count). The molecule has 1 atom stereocenters. The summed E-state index contributed by atoms with van der Waals surface area (Å²) in [6.07, 6.45) is 3.07. The number of oxazole rings is 1. The van der Waals surface area contributed by atoms with E-state index in [4.69, 9.17) is 4.42 Å². The molecule has 0 radical (unpaired) electrons. The molecule has 1 saturated heterocycles. The predicted molar refractivity (Wildman–Crippen MR) is 76.1 cm³/mol. The fourth-order valence-corrected chi connectivity index (χ4v) is 2.21. The Morgan fingerprint density at radius 3 is 2.70 bits per heavy atom. The number of aromatic nitrogens is 1. The van der Waals surface area contributed by atoms with Crippen molar-refractivity contribution >= 4 is 11.6 Å². The molecule has 1 aromatic carbocycles. The van der Waals surface area contributed by atoms with Crippen LogP contribution in [0.2, 0.25) is 0 Å². The highest BCUT2D eigenvalue weighted by atomic mass is 16.3. The third-order valence-electron chi connectivity index (χ3n) is 3.80. The van der Waals surface area contributed by atoms with Crippen LogP contribution in [-0.2, 0) is 4.79 Å². The Kier molecular flexibility index (Phi) is 3.52. The summed E-state index contributed by atoms with van der Waals surface area (Å²) in [6, 6.07) is 7.57. The van der Waals surface area contributed by atoms with Crippen LogP contribution >= 0.6 is 0 Å². The second-order valence-electron chi connectivity index (χ2n) is 5.14. The van der Waals surface area contributed by atoms with E-state index in [9.17, 15) is 4.79 Å². The topological polar surface area (TPSA) is 67.2 Å². The molecule has 1 amide bonds. The number of hydrogen-bond donors (Lipinski definition) is 2. The average molecular weight is 271 g/mol. The first-order valence-electron chi connectivity index (χ1n) is 6.74. The largest absolute Gasteiger partial charge is 0.444 e. The van der Waals surface area contributed by atoms with Crippen LogP contribution in [0.5, 0.6) is 0 Å². The minimum Gasteiger partial charge on any atom is -0.444 e. The molecule has 1 aliphatic heterocycles. The lowest BCUT2D eigenvalue weighted by molar-refractivity contribution is -0.121. The monoisotopic (exact) mass is 271 g/mol. The summed E-state index contributed by atoms with van der Waals surface area (Å²) in [5.41, 5.74) is 1.74. The fraction of sp³-hybridized carbons (Fsp3) is 0.333. The minimum atomic E-state index is 0.0326. The van der Waals surface area contributed by atoms with Crippen molar-refractivity contribution in [2.24, 2.45) is 11.8 Å². The number of anilines is 1. The third-order valence-corrected chi connectivity index (χ3v) is 3.80. The highest BCUT2D eigenvalue weighted by Crippen LogP contribution is 2.22. The van der Waals surface area contributed by atoms with Crippen molar-refractivity contribution in [1.29, 1.82) is 0 Å². The van der Waals surface area contributed by atoms with Crippen molar-refractivity contribution in [2.75, 3.05) is 18.4 Å². The maximum absolute atomic E-state index is 12.1. The van der Waals surface area contributed by atoms with E-state index >= 15 is 0 Å². The van der Waals surface area contributed by atoms with Gasteiger partial charge in [-0.3, -0.25) is 4.79 Å². The van der Waals surface area contributed by atoms with Gasteiger partial charge in [0, 0.05) is 17.2 Å². The number of rotatable bonds is 4. The molecular weight excluding hydrogens is 254 g/mol. The zero-order valence-corrected chi connectivity index (χ0v) is 11.3. The molecule has 104 valence electrons. The highest BCUT2D eigenvalue weighted by molar-refractivity contribution is 5.92. The van der Waals surface area contributed by atoms with E-state index in [2.05, 4.69) is 15.6 Å². The van der Waals surface area contributed by atoms with Gasteiger partial charge in [0.05, 0.1) is 6.20 Å². The maximum atomic E-state index is 12.1. The van der Waals surface area contributed by atoms with Gasteiger partial charge in [-0.1, -0.05) is 6.92 Å². The van der Waals surface area contributed by atoms with Crippen molar-refractivity contribution in [3.05, 3.63) is 36.9 Å². The summed E-state index contributed by atoms with van der Waals surface area (Å²) >= 11 is 0. The molecule has 0 spiro atoms. The van der Waals surface area contributed by atoms with Gasteiger partial charge in [0.2, 0.25) is 5.91 Å². The highest BCUT2D eigenvalue weighted by Gasteiger charge is 2.28. The van der Waals surface area contributed by atoms with Crippen molar-refractivity contribution in [1.82, 2.24) is 10.3 Å². The molecule has 0 aliphatic carbocycles.